The van der Waals surface area contributed by atoms with E-state index in [0.717, 1.165) is 6.33 Å². The Balaban J connectivity index is 1.92. The summed E-state index contributed by atoms with van der Waals surface area (Å²) in [6, 6.07) is 8.44. The molecule has 0 saturated heterocycles. The van der Waals surface area contributed by atoms with E-state index in [4.69, 9.17) is 9.47 Å². The lowest BCUT2D eigenvalue weighted by Gasteiger charge is -2.11. The summed E-state index contributed by atoms with van der Waals surface area (Å²) in [7, 11) is 2.52. The van der Waals surface area contributed by atoms with Gasteiger partial charge in [-0.3, -0.25) is 10.1 Å². The fourth-order valence-electron chi connectivity index (χ4n) is 2.50. The van der Waals surface area contributed by atoms with E-state index in [2.05, 4.69) is 20.3 Å². The molecule has 0 aliphatic rings. The highest BCUT2D eigenvalue weighted by Gasteiger charge is 2.42. The normalized spacial score (nSPS) is 12.3. The van der Waals surface area contributed by atoms with Gasteiger partial charge < -0.3 is 14.0 Å². The van der Waals surface area contributed by atoms with Crippen LogP contribution in [0.5, 0.6) is 11.8 Å². The number of nitrogens with one attached hydrogen (secondary N) is 1. The van der Waals surface area contributed by atoms with Crippen molar-refractivity contribution in [3.05, 3.63) is 53.5 Å². The molecule has 0 radical (unpaired) electrons. The topological polar surface area (TPSA) is 109 Å². The summed E-state index contributed by atoms with van der Waals surface area (Å²) in [5, 5.41) is 1.87. The SMILES string of the molecule is COc1ncnc(OC)c1C(=O)Nc1nc(C(F)(F)F)c([S+]([O-])Cc2ccccc2)s1. The van der Waals surface area contributed by atoms with Gasteiger partial charge in [-0.05, 0) is 11.3 Å². The Morgan fingerprint density at radius 3 is 2.32 bits per heavy atom. The molecule has 0 saturated carbocycles. The molecule has 1 unspecified atom stereocenters. The predicted molar refractivity (Wildman–Crippen MR) is 107 cm³/mol. The summed E-state index contributed by atoms with van der Waals surface area (Å²) in [6.45, 7) is 0. The number of hydrogen-bond acceptors (Lipinski definition) is 8. The molecule has 31 heavy (non-hydrogen) atoms. The third kappa shape index (κ3) is 5.24. The van der Waals surface area contributed by atoms with Crippen LogP contribution in [0.15, 0.2) is 40.9 Å². The number of thiazole rings is 1. The quantitative estimate of drug-likeness (QED) is 0.524. The van der Waals surface area contributed by atoms with E-state index in [1.807, 2.05) is 0 Å². The minimum atomic E-state index is -4.85. The summed E-state index contributed by atoms with van der Waals surface area (Å²) in [4.78, 5) is 23.7. The predicted octanol–water partition coefficient (Wildman–Crippen LogP) is 3.53. The van der Waals surface area contributed by atoms with E-state index in [9.17, 15) is 22.5 Å². The highest BCUT2D eigenvalue weighted by atomic mass is 32.2. The average Bonchev–Trinajstić information content (AvgIpc) is 3.18. The van der Waals surface area contributed by atoms with Crippen molar-refractivity contribution in [3.63, 3.8) is 0 Å². The number of halogens is 3. The van der Waals surface area contributed by atoms with Crippen LogP contribution < -0.4 is 14.8 Å². The Morgan fingerprint density at radius 2 is 1.77 bits per heavy atom. The van der Waals surface area contributed by atoms with Gasteiger partial charge in [0.2, 0.25) is 21.7 Å². The summed E-state index contributed by atoms with van der Waals surface area (Å²) >= 11 is -1.55. The third-order valence-corrected chi connectivity index (χ3v) is 6.60. The molecule has 3 rings (SSSR count). The molecule has 13 heteroatoms. The Bertz CT molecular complexity index is 1040. The number of aromatic nitrogens is 3. The number of anilines is 1. The summed E-state index contributed by atoms with van der Waals surface area (Å²) < 4.78 is 62.7. The van der Waals surface area contributed by atoms with Gasteiger partial charge in [0, 0.05) is 16.7 Å². The number of nitrogens with zero attached hydrogens (tertiary/aromatic N) is 3. The van der Waals surface area contributed by atoms with Crippen LogP contribution in [-0.2, 0) is 23.1 Å². The Hall–Kier alpha value is -2.90. The first-order chi connectivity index (χ1) is 14.7. The summed E-state index contributed by atoms with van der Waals surface area (Å²) in [6.07, 6.45) is -3.75. The van der Waals surface area contributed by atoms with E-state index in [-0.39, 0.29) is 28.2 Å². The number of carbonyl (C=O) groups excluding carboxylic acids is 1. The standard InChI is InChI=1S/C18H15F3N4O4S2/c1-28-14-11(15(29-2)23-9-22-14)13(26)25-17-24-12(18(19,20)21)16(30-17)31(27)8-10-6-4-3-5-7-10/h3-7,9H,8H2,1-2H3,(H,24,25,26). The lowest BCUT2D eigenvalue weighted by molar-refractivity contribution is -0.142. The van der Waals surface area contributed by atoms with Gasteiger partial charge in [0.25, 0.3) is 5.91 Å². The van der Waals surface area contributed by atoms with Crippen LogP contribution in [0.1, 0.15) is 21.6 Å². The van der Waals surface area contributed by atoms with Crippen LogP contribution in [0.2, 0.25) is 0 Å². The smallest absolute Gasteiger partial charge is 0.439 e. The Morgan fingerprint density at radius 1 is 1.16 bits per heavy atom. The van der Waals surface area contributed by atoms with E-state index < -0.39 is 33.2 Å². The molecule has 1 amide bonds. The molecule has 0 bridgehead atoms. The molecule has 8 nitrogen and oxygen atoms in total. The number of amides is 1. The van der Waals surface area contributed by atoms with Gasteiger partial charge in [-0.2, -0.15) is 13.2 Å². The number of alkyl halides is 3. The zero-order chi connectivity index (χ0) is 22.6. The summed E-state index contributed by atoms with van der Waals surface area (Å²) in [5.41, 5.74) is -0.933. The highest BCUT2D eigenvalue weighted by Crippen LogP contribution is 2.40. The summed E-state index contributed by atoms with van der Waals surface area (Å²) in [5.74, 6) is -1.29. The molecule has 1 atom stereocenters. The van der Waals surface area contributed by atoms with Crippen molar-refractivity contribution < 1.29 is 32.0 Å². The second-order valence-electron chi connectivity index (χ2n) is 5.85. The monoisotopic (exact) mass is 472 g/mol. The molecule has 0 aliphatic heterocycles. The Labute approximate surface area is 181 Å². The van der Waals surface area contributed by atoms with Gasteiger partial charge in [-0.25, -0.2) is 15.0 Å². The average molecular weight is 472 g/mol. The molecular formula is C18H15F3N4O4S2. The zero-order valence-corrected chi connectivity index (χ0v) is 17.7. The highest BCUT2D eigenvalue weighted by molar-refractivity contribution is 7.92. The lowest BCUT2D eigenvalue weighted by Crippen LogP contribution is -2.16. The van der Waals surface area contributed by atoms with Crippen molar-refractivity contribution >= 4 is 33.6 Å². The number of ether oxygens (including phenoxy) is 2. The van der Waals surface area contributed by atoms with Crippen molar-refractivity contribution in [1.82, 2.24) is 15.0 Å². The number of methoxy groups -OCH3 is 2. The molecule has 0 aliphatic carbocycles. The minimum Gasteiger partial charge on any atom is -0.610 e. The van der Waals surface area contributed by atoms with E-state index in [1.165, 1.54) is 14.2 Å². The molecule has 2 heterocycles. The molecule has 3 aromatic rings. The van der Waals surface area contributed by atoms with Crippen LogP contribution in [0.3, 0.4) is 0 Å². The lowest BCUT2D eigenvalue weighted by atomic mass is 10.2. The molecule has 164 valence electrons. The van der Waals surface area contributed by atoms with Gasteiger partial charge in [0.15, 0.2) is 10.7 Å². The van der Waals surface area contributed by atoms with E-state index >= 15 is 0 Å². The van der Waals surface area contributed by atoms with Crippen LogP contribution in [0.4, 0.5) is 18.3 Å². The number of hydrogen-bond donors (Lipinski definition) is 1. The molecule has 0 fully saturated rings. The van der Waals surface area contributed by atoms with Crippen molar-refractivity contribution in [2.24, 2.45) is 0 Å². The molecule has 1 N–H and O–H groups in total. The van der Waals surface area contributed by atoms with Gasteiger partial charge in [0.1, 0.15) is 12.1 Å². The molecule has 1 aromatic carbocycles. The first-order valence-electron chi connectivity index (χ1n) is 8.49. The van der Waals surface area contributed by atoms with Crippen LogP contribution >= 0.6 is 11.3 Å². The van der Waals surface area contributed by atoms with Gasteiger partial charge >= 0.3 is 6.18 Å². The van der Waals surface area contributed by atoms with Crippen molar-refractivity contribution in [1.29, 1.82) is 0 Å². The molecular weight excluding hydrogens is 457 g/mol. The minimum absolute atomic E-state index is 0.131. The third-order valence-electron chi connectivity index (χ3n) is 3.82. The molecule has 2 aromatic heterocycles. The van der Waals surface area contributed by atoms with Crippen LogP contribution in [0.25, 0.3) is 0 Å². The van der Waals surface area contributed by atoms with Crippen molar-refractivity contribution in [3.8, 4) is 11.8 Å². The largest absolute Gasteiger partial charge is 0.610 e. The maximum atomic E-state index is 13.5. The van der Waals surface area contributed by atoms with Gasteiger partial charge in [0.05, 0.1) is 14.2 Å². The fraction of sp³-hybridized carbons (Fsp3) is 0.222. The van der Waals surface area contributed by atoms with Gasteiger partial charge in [-0.15, -0.1) is 0 Å². The zero-order valence-electron chi connectivity index (χ0n) is 16.1. The number of rotatable bonds is 7. The first kappa shape index (κ1) is 22.8. The number of carbonyl (C=O) groups is 1. The van der Waals surface area contributed by atoms with E-state index in [0.29, 0.717) is 16.9 Å². The Kier molecular flexibility index (Phi) is 6.97. The van der Waals surface area contributed by atoms with Crippen LogP contribution in [0, 0.1) is 0 Å². The van der Waals surface area contributed by atoms with Crippen LogP contribution in [-0.4, -0.2) is 39.6 Å². The van der Waals surface area contributed by atoms with Crippen molar-refractivity contribution in [2.75, 3.05) is 19.5 Å². The maximum Gasteiger partial charge on any atom is 0.439 e. The van der Waals surface area contributed by atoms with Gasteiger partial charge in [-0.1, -0.05) is 30.3 Å². The number of benzene rings is 1. The second-order valence-corrected chi connectivity index (χ2v) is 8.50. The first-order valence-corrected chi connectivity index (χ1v) is 10.6. The maximum absolute atomic E-state index is 13.5. The molecule has 0 spiro atoms. The second kappa shape index (κ2) is 9.49. The van der Waals surface area contributed by atoms with E-state index in [1.54, 1.807) is 30.3 Å². The van der Waals surface area contributed by atoms with Crippen molar-refractivity contribution in [2.45, 2.75) is 16.1 Å². The fourth-order valence-corrected chi connectivity index (χ4v) is 5.00.